The molecule has 1 aromatic rings. The van der Waals surface area contributed by atoms with E-state index >= 15 is 0 Å². The van der Waals surface area contributed by atoms with E-state index in [-0.39, 0.29) is 12.5 Å². The number of hydrogen-bond donors (Lipinski definition) is 0. The van der Waals surface area contributed by atoms with Crippen LogP contribution in [0.3, 0.4) is 0 Å². The summed E-state index contributed by atoms with van der Waals surface area (Å²) in [5, 5.41) is 0. The predicted octanol–water partition coefficient (Wildman–Crippen LogP) is 1.87. The maximum atomic E-state index is 12.1. The number of esters is 1. The van der Waals surface area contributed by atoms with Crippen LogP contribution in [0.1, 0.15) is 23.6 Å². The largest absolute Gasteiger partial charge is 0.468 e. The van der Waals surface area contributed by atoms with Crippen molar-refractivity contribution in [2.45, 2.75) is 27.2 Å². The van der Waals surface area contributed by atoms with Crippen molar-refractivity contribution < 1.29 is 14.3 Å². The highest BCUT2D eigenvalue weighted by Crippen LogP contribution is 2.11. The molecule has 1 amide bonds. The van der Waals surface area contributed by atoms with Crippen LogP contribution in [0.4, 0.5) is 0 Å². The summed E-state index contributed by atoms with van der Waals surface area (Å²) in [4.78, 5) is 24.8. The summed E-state index contributed by atoms with van der Waals surface area (Å²) in [7, 11) is 1.32. The summed E-state index contributed by atoms with van der Waals surface area (Å²) in [6.07, 6.45) is 0.311. The van der Waals surface area contributed by atoms with Gasteiger partial charge in [0.15, 0.2) is 0 Å². The van der Waals surface area contributed by atoms with Crippen LogP contribution in [0, 0.1) is 13.8 Å². The number of aryl methyl sites for hydroxylation is 2. The third-order valence-electron chi connectivity index (χ3n) is 3.21. The molecule has 0 aliphatic carbocycles. The Bertz CT molecular complexity index is 468. The molecule has 0 saturated heterocycles. The molecule has 0 unspecified atom stereocenters. The first-order chi connectivity index (χ1) is 8.97. The second-order valence-corrected chi connectivity index (χ2v) is 4.58. The third kappa shape index (κ3) is 4.39. The van der Waals surface area contributed by atoms with Crippen LogP contribution in [-0.4, -0.2) is 37.0 Å². The highest BCUT2D eigenvalue weighted by molar-refractivity contribution is 5.83. The Kier molecular flexibility index (Phi) is 5.55. The van der Waals surface area contributed by atoms with Gasteiger partial charge in [-0.2, -0.15) is 0 Å². The fourth-order valence-corrected chi connectivity index (χ4v) is 1.80. The molecule has 19 heavy (non-hydrogen) atoms. The van der Waals surface area contributed by atoms with Crippen molar-refractivity contribution in [1.82, 2.24) is 4.90 Å². The molecular formula is C15H21NO3. The van der Waals surface area contributed by atoms with Crippen molar-refractivity contribution in [3.8, 4) is 0 Å². The van der Waals surface area contributed by atoms with Gasteiger partial charge in [0.05, 0.1) is 13.5 Å². The fraction of sp³-hybridized carbons (Fsp3) is 0.467. The second kappa shape index (κ2) is 6.92. The van der Waals surface area contributed by atoms with Gasteiger partial charge in [0.1, 0.15) is 6.54 Å². The Morgan fingerprint density at radius 1 is 1.21 bits per heavy atom. The Morgan fingerprint density at radius 3 is 2.42 bits per heavy atom. The lowest BCUT2D eigenvalue weighted by molar-refractivity contribution is -0.146. The highest BCUT2D eigenvalue weighted by Gasteiger charge is 2.16. The van der Waals surface area contributed by atoms with Crippen molar-refractivity contribution in [2.24, 2.45) is 0 Å². The van der Waals surface area contributed by atoms with Crippen molar-refractivity contribution in [2.75, 3.05) is 20.2 Å². The standard InChI is InChI=1S/C15H21NO3/c1-5-16(10-15(18)19-4)14(17)9-13-7-6-11(2)12(3)8-13/h6-8H,5,9-10H2,1-4H3. The zero-order valence-electron chi connectivity index (χ0n) is 12.0. The topological polar surface area (TPSA) is 46.6 Å². The Morgan fingerprint density at radius 2 is 1.89 bits per heavy atom. The van der Waals surface area contributed by atoms with E-state index in [1.54, 1.807) is 0 Å². The SMILES string of the molecule is CCN(CC(=O)OC)C(=O)Cc1ccc(C)c(C)c1. The zero-order valence-corrected chi connectivity index (χ0v) is 12.0. The van der Waals surface area contributed by atoms with Crippen LogP contribution in [0.25, 0.3) is 0 Å². The van der Waals surface area contributed by atoms with Crippen LogP contribution in [-0.2, 0) is 20.7 Å². The van der Waals surface area contributed by atoms with Gasteiger partial charge >= 0.3 is 5.97 Å². The van der Waals surface area contributed by atoms with Crippen molar-refractivity contribution >= 4 is 11.9 Å². The van der Waals surface area contributed by atoms with E-state index in [0.29, 0.717) is 13.0 Å². The van der Waals surface area contributed by atoms with Crippen molar-refractivity contribution in [1.29, 1.82) is 0 Å². The molecule has 0 spiro atoms. The second-order valence-electron chi connectivity index (χ2n) is 4.58. The first-order valence-electron chi connectivity index (χ1n) is 6.38. The van der Waals surface area contributed by atoms with E-state index in [1.165, 1.54) is 23.1 Å². The predicted molar refractivity (Wildman–Crippen MR) is 73.9 cm³/mol. The maximum absolute atomic E-state index is 12.1. The fourth-order valence-electron chi connectivity index (χ4n) is 1.80. The van der Waals surface area contributed by atoms with Crippen molar-refractivity contribution in [3.63, 3.8) is 0 Å². The first kappa shape index (κ1) is 15.2. The Labute approximate surface area is 114 Å². The number of benzene rings is 1. The molecule has 1 rings (SSSR count). The molecule has 0 aliphatic rings. The summed E-state index contributed by atoms with van der Waals surface area (Å²) in [6, 6.07) is 5.97. The molecule has 0 fully saturated rings. The lowest BCUT2D eigenvalue weighted by Gasteiger charge is -2.19. The number of amides is 1. The summed E-state index contributed by atoms with van der Waals surface area (Å²) >= 11 is 0. The Hall–Kier alpha value is -1.84. The van der Waals surface area contributed by atoms with Gasteiger partial charge in [-0.05, 0) is 37.5 Å². The molecule has 0 N–H and O–H groups in total. The van der Waals surface area contributed by atoms with E-state index in [4.69, 9.17) is 0 Å². The number of nitrogens with zero attached hydrogens (tertiary/aromatic N) is 1. The normalized spacial score (nSPS) is 10.1. The van der Waals surface area contributed by atoms with Gasteiger partial charge in [0.2, 0.25) is 5.91 Å². The van der Waals surface area contributed by atoms with Gasteiger partial charge < -0.3 is 9.64 Å². The molecule has 4 nitrogen and oxygen atoms in total. The third-order valence-corrected chi connectivity index (χ3v) is 3.21. The van der Waals surface area contributed by atoms with Crippen LogP contribution >= 0.6 is 0 Å². The molecule has 0 bridgehead atoms. The van der Waals surface area contributed by atoms with E-state index in [0.717, 1.165) is 5.56 Å². The minimum atomic E-state index is -0.393. The lowest BCUT2D eigenvalue weighted by atomic mass is 10.0. The molecule has 104 valence electrons. The molecule has 0 aromatic heterocycles. The Balaban J connectivity index is 2.71. The first-order valence-corrected chi connectivity index (χ1v) is 6.38. The minimum Gasteiger partial charge on any atom is -0.468 e. The smallest absolute Gasteiger partial charge is 0.325 e. The van der Waals surface area contributed by atoms with Gasteiger partial charge in [-0.3, -0.25) is 9.59 Å². The summed E-state index contributed by atoms with van der Waals surface area (Å²) in [5.74, 6) is -0.452. The van der Waals surface area contributed by atoms with Gasteiger partial charge in [-0.1, -0.05) is 18.2 Å². The summed E-state index contributed by atoms with van der Waals surface area (Å²) < 4.78 is 4.58. The lowest BCUT2D eigenvalue weighted by Crippen LogP contribution is -2.37. The number of methoxy groups -OCH3 is 1. The average Bonchev–Trinajstić information content (AvgIpc) is 2.39. The highest BCUT2D eigenvalue weighted by atomic mass is 16.5. The van der Waals surface area contributed by atoms with Crippen LogP contribution < -0.4 is 0 Å². The number of ether oxygens (including phenoxy) is 1. The molecule has 0 atom stereocenters. The number of likely N-dealkylation sites (N-methyl/N-ethyl adjacent to an activating group) is 1. The number of carbonyl (C=O) groups excluding carboxylic acids is 2. The monoisotopic (exact) mass is 263 g/mol. The minimum absolute atomic E-state index is 0.0106. The number of hydrogen-bond acceptors (Lipinski definition) is 3. The maximum Gasteiger partial charge on any atom is 0.325 e. The molecule has 0 saturated carbocycles. The molecule has 4 heteroatoms. The molecule has 0 aliphatic heterocycles. The van der Waals surface area contributed by atoms with Gasteiger partial charge in [-0.15, -0.1) is 0 Å². The van der Waals surface area contributed by atoms with E-state index in [2.05, 4.69) is 4.74 Å². The number of carbonyl (C=O) groups is 2. The van der Waals surface area contributed by atoms with E-state index < -0.39 is 5.97 Å². The number of rotatable bonds is 5. The molecule has 1 aromatic carbocycles. The quantitative estimate of drug-likeness (QED) is 0.762. The van der Waals surface area contributed by atoms with Gasteiger partial charge in [-0.25, -0.2) is 0 Å². The van der Waals surface area contributed by atoms with Crippen molar-refractivity contribution in [3.05, 3.63) is 34.9 Å². The molecular weight excluding hydrogens is 242 g/mol. The van der Waals surface area contributed by atoms with E-state index in [1.807, 2.05) is 39.0 Å². The zero-order chi connectivity index (χ0) is 14.4. The summed E-state index contributed by atoms with van der Waals surface area (Å²) in [5.41, 5.74) is 3.34. The van der Waals surface area contributed by atoms with Crippen LogP contribution in [0.15, 0.2) is 18.2 Å². The van der Waals surface area contributed by atoms with Crippen LogP contribution in [0.2, 0.25) is 0 Å². The molecule has 0 radical (unpaired) electrons. The van der Waals surface area contributed by atoms with E-state index in [9.17, 15) is 9.59 Å². The summed E-state index contributed by atoms with van der Waals surface area (Å²) in [6.45, 7) is 6.42. The van der Waals surface area contributed by atoms with Crippen LogP contribution in [0.5, 0.6) is 0 Å². The molecule has 0 heterocycles. The average molecular weight is 263 g/mol. The van der Waals surface area contributed by atoms with Gasteiger partial charge in [0.25, 0.3) is 0 Å². The van der Waals surface area contributed by atoms with Gasteiger partial charge in [0, 0.05) is 6.54 Å².